The van der Waals surface area contributed by atoms with E-state index in [1.807, 2.05) is 31.2 Å². The molecule has 0 saturated carbocycles. The van der Waals surface area contributed by atoms with Crippen LogP contribution in [-0.2, 0) is 11.2 Å². The summed E-state index contributed by atoms with van der Waals surface area (Å²) in [5, 5.41) is 13.9. The number of aromatic nitrogens is 4. The molecule has 0 radical (unpaired) electrons. The number of carbonyl (C=O) groups is 1. The molecular weight excluding hydrogens is 321 g/mol. The minimum atomic E-state index is -0.259. The summed E-state index contributed by atoms with van der Waals surface area (Å²) >= 11 is 0. The molecule has 0 saturated heterocycles. The summed E-state index contributed by atoms with van der Waals surface area (Å²) in [6.45, 7) is 2.50. The van der Waals surface area contributed by atoms with Crippen LogP contribution in [0.5, 0.6) is 0 Å². The Kier molecular flexibility index (Phi) is 5.13. The molecule has 25 heavy (non-hydrogen) atoms. The number of halogens is 1. The van der Waals surface area contributed by atoms with Gasteiger partial charge < -0.3 is 5.32 Å². The summed E-state index contributed by atoms with van der Waals surface area (Å²) in [5.74, 6) is -0.194. The molecule has 0 spiro atoms. The van der Waals surface area contributed by atoms with E-state index in [2.05, 4.69) is 20.8 Å². The molecule has 1 unspecified atom stereocenters. The maximum absolute atomic E-state index is 12.9. The monoisotopic (exact) mass is 339 g/mol. The molecular formula is C18H18FN5O. The lowest BCUT2D eigenvalue weighted by Crippen LogP contribution is -2.28. The molecule has 0 bridgehead atoms. The van der Waals surface area contributed by atoms with E-state index >= 15 is 0 Å². The van der Waals surface area contributed by atoms with E-state index in [1.165, 1.54) is 18.5 Å². The molecule has 0 aliphatic rings. The molecule has 6 nitrogen and oxygen atoms in total. The van der Waals surface area contributed by atoms with Crippen LogP contribution in [0.4, 0.5) is 4.39 Å². The first-order chi connectivity index (χ1) is 12.1. The first-order valence-electron chi connectivity index (χ1n) is 7.96. The zero-order valence-electron chi connectivity index (χ0n) is 13.8. The van der Waals surface area contributed by atoms with Crippen molar-refractivity contribution in [2.45, 2.75) is 19.3 Å². The smallest absolute Gasteiger partial charge is 0.224 e. The lowest BCUT2D eigenvalue weighted by atomic mass is 10.0. The average molecular weight is 339 g/mol. The standard InChI is InChI=1S/C18H18FN5O/c1-13(15-4-6-16(19)7-5-15)11-20-18(25)10-14-2-8-17(9-3-14)24-12-21-22-23-24/h2-9,12-13H,10-11H2,1H3,(H,20,25). The summed E-state index contributed by atoms with van der Waals surface area (Å²) in [7, 11) is 0. The molecule has 1 aromatic heterocycles. The van der Waals surface area contributed by atoms with Crippen LogP contribution in [0.1, 0.15) is 24.0 Å². The Balaban J connectivity index is 1.51. The van der Waals surface area contributed by atoms with Crippen molar-refractivity contribution in [1.29, 1.82) is 0 Å². The molecule has 1 amide bonds. The first kappa shape index (κ1) is 16.8. The largest absolute Gasteiger partial charge is 0.355 e. The number of nitrogens with one attached hydrogen (secondary N) is 1. The van der Waals surface area contributed by atoms with E-state index < -0.39 is 0 Å². The Labute approximate surface area is 144 Å². The lowest BCUT2D eigenvalue weighted by molar-refractivity contribution is -0.120. The van der Waals surface area contributed by atoms with Gasteiger partial charge in [-0.1, -0.05) is 31.2 Å². The van der Waals surface area contributed by atoms with Crippen LogP contribution in [0.2, 0.25) is 0 Å². The van der Waals surface area contributed by atoms with Crippen molar-refractivity contribution < 1.29 is 9.18 Å². The predicted octanol–water partition coefficient (Wildman–Crippen LogP) is 2.26. The first-order valence-corrected chi connectivity index (χ1v) is 7.96. The Morgan fingerprint density at radius 3 is 2.52 bits per heavy atom. The number of nitrogens with zero attached hydrogens (tertiary/aromatic N) is 4. The Morgan fingerprint density at radius 1 is 1.16 bits per heavy atom. The van der Waals surface area contributed by atoms with Gasteiger partial charge in [0.25, 0.3) is 0 Å². The normalized spacial score (nSPS) is 11.9. The van der Waals surface area contributed by atoms with Crippen molar-refractivity contribution in [1.82, 2.24) is 25.5 Å². The number of benzene rings is 2. The maximum Gasteiger partial charge on any atom is 0.224 e. The quantitative estimate of drug-likeness (QED) is 0.748. The molecule has 128 valence electrons. The van der Waals surface area contributed by atoms with Crippen molar-refractivity contribution >= 4 is 5.91 Å². The van der Waals surface area contributed by atoms with Crippen molar-refractivity contribution in [3.63, 3.8) is 0 Å². The fraction of sp³-hybridized carbons (Fsp3) is 0.222. The van der Waals surface area contributed by atoms with Gasteiger partial charge in [-0.15, -0.1) is 5.10 Å². The highest BCUT2D eigenvalue weighted by Crippen LogP contribution is 2.14. The molecule has 0 fully saturated rings. The Morgan fingerprint density at radius 2 is 1.88 bits per heavy atom. The van der Waals surface area contributed by atoms with E-state index in [9.17, 15) is 9.18 Å². The van der Waals surface area contributed by atoms with Gasteiger partial charge in [0.1, 0.15) is 12.1 Å². The van der Waals surface area contributed by atoms with Crippen molar-refractivity contribution in [3.8, 4) is 5.69 Å². The minimum Gasteiger partial charge on any atom is -0.355 e. The van der Waals surface area contributed by atoms with Crippen LogP contribution in [0.25, 0.3) is 5.69 Å². The van der Waals surface area contributed by atoms with Crippen LogP contribution >= 0.6 is 0 Å². The third-order valence-electron chi connectivity index (χ3n) is 3.96. The van der Waals surface area contributed by atoms with Gasteiger partial charge in [0.2, 0.25) is 5.91 Å². The number of tetrazole rings is 1. The Bertz CT molecular complexity index is 816. The summed E-state index contributed by atoms with van der Waals surface area (Å²) in [4.78, 5) is 12.1. The van der Waals surface area contributed by atoms with Crippen LogP contribution in [0, 0.1) is 5.82 Å². The molecule has 3 rings (SSSR count). The maximum atomic E-state index is 12.9. The molecule has 3 aromatic rings. The van der Waals surface area contributed by atoms with Crippen molar-refractivity contribution in [2.75, 3.05) is 6.54 Å². The van der Waals surface area contributed by atoms with Gasteiger partial charge in [-0.3, -0.25) is 4.79 Å². The van der Waals surface area contributed by atoms with Crippen LogP contribution in [-0.4, -0.2) is 32.7 Å². The van der Waals surface area contributed by atoms with E-state index in [0.717, 1.165) is 16.8 Å². The summed E-state index contributed by atoms with van der Waals surface area (Å²) in [6, 6.07) is 13.8. The van der Waals surface area contributed by atoms with Crippen LogP contribution in [0.15, 0.2) is 54.9 Å². The molecule has 2 aromatic carbocycles. The highest BCUT2D eigenvalue weighted by molar-refractivity contribution is 5.78. The second-order valence-corrected chi connectivity index (χ2v) is 5.85. The minimum absolute atomic E-state index is 0.0517. The molecule has 7 heteroatoms. The van der Waals surface area contributed by atoms with Gasteiger partial charge in [0.05, 0.1) is 12.1 Å². The molecule has 1 heterocycles. The summed E-state index contributed by atoms with van der Waals surface area (Å²) in [5.41, 5.74) is 2.73. The van der Waals surface area contributed by atoms with Gasteiger partial charge in [0.15, 0.2) is 0 Å². The molecule has 0 aliphatic heterocycles. The highest BCUT2D eigenvalue weighted by Gasteiger charge is 2.09. The van der Waals surface area contributed by atoms with E-state index in [-0.39, 0.29) is 17.6 Å². The lowest BCUT2D eigenvalue weighted by Gasteiger charge is -2.13. The molecule has 1 N–H and O–H groups in total. The number of carbonyl (C=O) groups excluding carboxylic acids is 1. The van der Waals surface area contributed by atoms with Gasteiger partial charge >= 0.3 is 0 Å². The topological polar surface area (TPSA) is 72.7 Å². The predicted molar refractivity (Wildman–Crippen MR) is 90.7 cm³/mol. The second kappa shape index (κ2) is 7.65. The third kappa shape index (κ3) is 4.47. The third-order valence-corrected chi connectivity index (χ3v) is 3.96. The average Bonchev–Trinajstić information content (AvgIpc) is 3.15. The fourth-order valence-electron chi connectivity index (χ4n) is 2.47. The Hall–Kier alpha value is -3.09. The summed E-state index contributed by atoms with van der Waals surface area (Å²) in [6.07, 6.45) is 1.81. The highest BCUT2D eigenvalue weighted by atomic mass is 19.1. The zero-order chi connectivity index (χ0) is 17.6. The SMILES string of the molecule is CC(CNC(=O)Cc1ccc(-n2cnnn2)cc1)c1ccc(F)cc1. The fourth-order valence-corrected chi connectivity index (χ4v) is 2.47. The van der Waals surface area contributed by atoms with Crippen molar-refractivity contribution in [2.24, 2.45) is 0 Å². The van der Waals surface area contributed by atoms with E-state index in [1.54, 1.807) is 16.8 Å². The number of amides is 1. The number of hydrogen-bond acceptors (Lipinski definition) is 4. The van der Waals surface area contributed by atoms with Gasteiger partial charge in [0, 0.05) is 6.54 Å². The van der Waals surface area contributed by atoms with E-state index in [0.29, 0.717) is 13.0 Å². The van der Waals surface area contributed by atoms with Crippen LogP contribution in [0.3, 0.4) is 0 Å². The van der Waals surface area contributed by atoms with Crippen molar-refractivity contribution in [3.05, 3.63) is 71.8 Å². The van der Waals surface area contributed by atoms with Crippen LogP contribution < -0.4 is 5.32 Å². The second-order valence-electron chi connectivity index (χ2n) is 5.85. The van der Waals surface area contributed by atoms with Gasteiger partial charge in [-0.25, -0.2) is 9.07 Å². The number of hydrogen-bond donors (Lipinski definition) is 1. The van der Waals surface area contributed by atoms with Gasteiger partial charge in [-0.05, 0) is 51.7 Å². The zero-order valence-corrected chi connectivity index (χ0v) is 13.8. The molecule has 0 aliphatic carbocycles. The van der Waals surface area contributed by atoms with E-state index in [4.69, 9.17) is 0 Å². The molecule has 1 atom stereocenters. The summed E-state index contributed by atoms with van der Waals surface area (Å²) < 4.78 is 14.5. The van der Waals surface area contributed by atoms with Gasteiger partial charge in [-0.2, -0.15) is 0 Å². The number of rotatable bonds is 6.